The molecule has 15 heavy (non-hydrogen) atoms. The minimum absolute atomic E-state index is 0.0269. The van der Waals surface area contributed by atoms with Gasteiger partial charge in [-0.25, -0.2) is 0 Å². The Balaban J connectivity index is 2.44. The van der Waals surface area contributed by atoms with E-state index in [1.54, 1.807) is 6.07 Å². The van der Waals surface area contributed by atoms with Gasteiger partial charge in [-0.3, -0.25) is 10.1 Å². The normalized spacial score (nSPS) is 14.3. The lowest BCUT2D eigenvalue weighted by molar-refractivity contribution is -0.384. The van der Waals surface area contributed by atoms with Crippen molar-refractivity contribution in [3.63, 3.8) is 0 Å². The molecule has 0 heterocycles. The molecule has 76 valence electrons. The van der Waals surface area contributed by atoms with Crippen LogP contribution in [0.5, 0.6) is 0 Å². The van der Waals surface area contributed by atoms with Gasteiger partial charge in [0.1, 0.15) is 11.8 Å². The summed E-state index contributed by atoms with van der Waals surface area (Å²) in [7, 11) is 0. The van der Waals surface area contributed by atoms with E-state index in [1.807, 2.05) is 6.07 Å². The van der Waals surface area contributed by atoms with Crippen LogP contribution in [0.3, 0.4) is 0 Å². The number of hydrogen-bond donors (Lipinski definition) is 1. The van der Waals surface area contributed by atoms with Gasteiger partial charge >= 0.3 is 0 Å². The Hall–Kier alpha value is -2.09. The predicted octanol–water partition coefficient (Wildman–Crippen LogP) is 2.04. The molecule has 1 aliphatic carbocycles. The number of hydrogen-bond acceptors (Lipinski definition) is 4. The van der Waals surface area contributed by atoms with Gasteiger partial charge in [0.2, 0.25) is 0 Å². The first-order chi connectivity index (χ1) is 7.22. The van der Waals surface area contributed by atoms with Gasteiger partial charge in [0.15, 0.2) is 0 Å². The molecule has 0 bridgehead atoms. The molecular weight excluding hydrogens is 194 g/mol. The average molecular weight is 203 g/mol. The lowest BCUT2D eigenvalue weighted by atomic mass is 10.1. The maximum Gasteiger partial charge on any atom is 0.293 e. The Labute approximate surface area is 86.5 Å². The SMILES string of the molecule is N#Cc1cccc([N+](=O)[O-])c1NC1CC1. The molecule has 1 aliphatic rings. The van der Waals surface area contributed by atoms with Crippen molar-refractivity contribution in [2.24, 2.45) is 0 Å². The molecule has 5 heteroatoms. The molecule has 1 aromatic carbocycles. The molecule has 0 atom stereocenters. The first kappa shape index (κ1) is 9.46. The number of anilines is 1. The molecule has 0 spiro atoms. The highest BCUT2D eigenvalue weighted by Crippen LogP contribution is 2.33. The van der Waals surface area contributed by atoms with E-state index in [2.05, 4.69) is 5.32 Å². The number of para-hydroxylation sites is 1. The minimum Gasteiger partial charge on any atom is -0.376 e. The van der Waals surface area contributed by atoms with Gasteiger partial charge < -0.3 is 5.32 Å². The van der Waals surface area contributed by atoms with E-state index in [-0.39, 0.29) is 11.7 Å². The van der Waals surface area contributed by atoms with Gasteiger partial charge in [0.25, 0.3) is 5.69 Å². The Morgan fingerprint density at radius 2 is 2.27 bits per heavy atom. The smallest absolute Gasteiger partial charge is 0.293 e. The molecule has 0 aliphatic heterocycles. The van der Waals surface area contributed by atoms with Crippen molar-refractivity contribution >= 4 is 11.4 Å². The second-order valence-corrected chi connectivity index (χ2v) is 3.49. The van der Waals surface area contributed by atoms with Crippen LogP contribution in [0.2, 0.25) is 0 Å². The predicted molar refractivity (Wildman–Crippen MR) is 54.5 cm³/mol. The molecule has 0 saturated heterocycles. The molecule has 0 aromatic heterocycles. The average Bonchev–Trinajstić information content (AvgIpc) is 3.01. The molecular formula is C10H9N3O2. The summed E-state index contributed by atoms with van der Waals surface area (Å²) in [6, 6.07) is 6.76. The van der Waals surface area contributed by atoms with Crippen LogP contribution in [-0.2, 0) is 0 Å². The van der Waals surface area contributed by atoms with Crippen LogP contribution in [0.1, 0.15) is 18.4 Å². The van der Waals surface area contributed by atoms with Crippen LogP contribution in [0, 0.1) is 21.4 Å². The van der Waals surface area contributed by atoms with Crippen molar-refractivity contribution in [2.75, 3.05) is 5.32 Å². The van der Waals surface area contributed by atoms with Gasteiger partial charge in [-0.15, -0.1) is 0 Å². The highest BCUT2D eigenvalue weighted by Gasteiger charge is 2.26. The summed E-state index contributed by atoms with van der Waals surface area (Å²) in [5.74, 6) is 0. The van der Waals surface area contributed by atoms with E-state index >= 15 is 0 Å². The molecule has 0 radical (unpaired) electrons. The summed E-state index contributed by atoms with van der Waals surface area (Å²) >= 11 is 0. The standard InChI is InChI=1S/C10H9N3O2/c11-6-7-2-1-3-9(13(14)15)10(7)12-8-4-5-8/h1-3,8,12H,4-5H2. The molecule has 2 rings (SSSR count). The van der Waals surface area contributed by atoms with Crippen LogP contribution in [-0.4, -0.2) is 11.0 Å². The number of nitro benzene ring substituents is 1. The van der Waals surface area contributed by atoms with E-state index in [1.165, 1.54) is 12.1 Å². The van der Waals surface area contributed by atoms with Crippen LogP contribution in [0.4, 0.5) is 11.4 Å². The van der Waals surface area contributed by atoms with Gasteiger partial charge in [-0.2, -0.15) is 5.26 Å². The van der Waals surface area contributed by atoms with Crippen molar-refractivity contribution in [1.82, 2.24) is 0 Å². The third kappa shape index (κ3) is 1.89. The summed E-state index contributed by atoms with van der Waals surface area (Å²) in [6.45, 7) is 0. The maximum atomic E-state index is 10.7. The van der Waals surface area contributed by atoms with Crippen molar-refractivity contribution in [1.29, 1.82) is 5.26 Å². The molecule has 1 saturated carbocycles. The van der Waals surface area contributed by atoms with Crippen molar-refractivity contribution in [3.8, 4) is 6.07 Å². The zero-order chi connectivity index (χ0) is 10.8. The monoisotopic (exact) mass is 203 g/mol. The quantitative estimate of drug-likeness (QED) is 0.602. The Kier molecular flexibility index (Phi) is 2.26. The Morgan fingerprint density at radius 1 is 1.53 bits per heavy atom. The summed E-state index contributed by atoms with van der Waals surface area (Å²) in [5.41, 5.74) is 0.657. The highest BCUT2D eigenvalue weighted by atomic mass is 16.6. The largest absolute Gasteiger partial charge is 0.376 e. The van der Waals surface area contributed by atoms with Crippen molar-refractivity contribution < 1.29 is 4.92 Å². The highest BCUT2D eigenvalue weighted by molar-refractivity contribution is 5.70. The molecule has 5 nitrogen and oxygen atoms in total. The third-order valence-electron chi connectivity index (χ3n) is 2.29. The summed E-state index contributed by atoms with van der Waals surface area (Å²) in [4.78, 5) is 10.3. The lowest BCUT2D eigenvalue weighted by Gasteiger charge is -2.06. The van der Waals surface area contributed by atoms with Gasteiger partial charge in [-0.1, -0.05) is 6.07 Å². The first-order valence-corrected chi connectivity index (χ1v) is 4.66. The zero-order valence-electron chi connectivity index (χ0n) is 7.93. The number of nitro groups is 1. The van der Waals surface area contributed by atoms with E-state index in [4.69, 9.17) is 5.26 Å². The van der Waals surface area contributed by atoms with Gasteiger partial charge in [0.05, 0.1) is 10.5 Å². The molecule has 1 fully saturated rings. The second-order valence-electron chi connectivity index (χ2n) is 3.49. The van der Waals surface area contributed by atoms with E-state index in [9.17, 15) is 10.1 Å². The van der Waals surface area contributed by atoms with E-state index in [0.29, 0.717) is 11.3 Å². The van der Waals surface area contributed by atoms with E-state index < -0.39 is 4.92 Å². The zero-order valence-corrected chi connectivity index (χ0v) is 7.93. The van der Waals surface area contributed by atoms with Crippen LogP contribution in [0.15, 0.2) is 18.2 Å². The first-order valence-electron chi connectivity index (χ1n) is 4.66. The van der Waals surface area contributed by atoms with E-state index in [0.717, 1.165) is 12.8 Å². The number of nitriles is 1. The second kappa shape index (κ2) is 3.58. The Morgan fingerprint density at radius 3 is 2.80 bits per heavy atom. The lowest BCUT2D eigenvalue weighted by Crippen LogP contribution is -2.06. The topological polar surface area (TPSA) is 79.0 Å². The summed E-state index contributed by atoms with van der Waals surface area (Å²) in [6.07, 6.45) is 2.02. The summed E-state index contributed by atoms with van der Waals surface area (Å²) in [5, 5.41) is 22.6. The molecule has 0 unspecified atom stereocenters. The number of nitrogens with one attached hydrogen (secondary N) is 1. The number of rotatable bonds is 3. The fourth-order valence-electron chi connectivity index (χ4n) is 1.37. The van der Waals surface area contributed by atoms with Gasteiger partial charge in [0, 0.05) is 12.1 Å². The minimum atomic E-state index is -0.467. The maximum absolute atomic E-state index is 10.7. The van der Waals surface area contributed by atoms with Crippen LogP contribution in [0.25, 0.3) is 0 Å². The molecule has 1 N–H and O–H groups in total. The Bertz CT molecular complexity index is 446. The fourth-order valence-corrected chi connectivity index (χ4v) is 1.37. The fraction of sp³-hybridized carbons (Fsp3) is 0.300. The molecule has 0 amide bonds. The van der Waals surface area contributed by atoms with Crippen molar-refractivity contribution in [2.45, 2.75) is 18.9 Å². The summed E-state index contributed by atoms with van der Waals surface area (Å²) < 4.78 is 0. The van der Waals surface area contributed by atoms with Crippen LogP contribution >= 0.6 is 0 Å². The molecule has 1 aromatic rings. The third-order valence-corrected chi connectivity index (χ3v) is 2.29. The van der Waals surface area contributed by atoms with Crippen LogP contribution < -0.4 is 5.32 Å². The number of benzene rings is 1. The van der Waals surface area contributed by atoms with Crippen molar-refractivity contribution in [3.05, 3.63) is 33.9 Å². The number of nitrogens with zero attached hydrogens (tertiary/aromatic N) is 2. The van der Waals surface area contributed by atoms with Gasteiger partial charge in [-0.05, 0) is 18.9 Å².